The molecule has 3 aromatic rings. The van der Waals surface area contributed by atoms with Crippen molar-refractivity contribution >= 4 is 27.2 Å². The van der Waals surface area contributed by atoms with Crippen LogP contribution in [0, 0.1) is 0 Å². The van der Waals surface area contributed by atoms with Gasteiger partial charge in [-0.2, -0.15) is 0 Å². The number of rotatable bonds is 4. The zero-order valence-corrected chi connectivity index (χ0v) is 12.0. The molecule has 4 heteroatoms. The summed E-state index contributed by atoms with van der Waals surface area (Å²) in [5.74, 6) is 0. The Labute approximate surface area is 121 Å². The molecular weight excluding hydrogens is 271 g/mol. The molecule has 1 aromatic heterocycles. The molecule has 0 amide bonds. The van der Waals surface area contributed by atoms with Crippen LogP contribution in [0.3, 0.4) is 0 Å². The van der Waals surface area contributed by atoms with E-state index in [0.717, 1.165) is 21.8 Å². The zero-order valence-electron chi connectivity index (χ0n) is 11.2. The molecule has 0 saturated heterocycles. The van der Waals surface area contributed by atoms with E-state index < -0.39 is 0 Å². The van der Waals surface area contributed by atoms with Crippen LogP contribution in [0.5, 0.6) is 0 Å². The van der Waals surface area contributed by atoms with Gasteiger partial charge in [-0.25, -0.2) is 9.37 Å². The smallest absolute Gasteiger partial charge is 0.124 e. The van der Waals surface area contributed by atoms with Crippen molar-refractivity contribution in [3.8, 4) is 10.6 Å². The van der Waals surface area contributed by atoms with Gasteiger partial charge in [0.1, 0.15) is 11.7 Å². The van der Waals surface area contributed by atoms with E-state index in [1.165, 1.54) is 4.70 Å². The Kier molecular flexibility index (Phi) is 3.65. The van der Waals surface area contributed by atoms with Gasteiger partial charge in [-0.3, -0.25) is 0 Å². The molecule has 2 nitrogen and oxygen atoms in total. The third-order valence-corrected chi connectivity index (χ3v) is 4.35. The second-order valence-electron chi connectivity index (χ2n) is 4.64. The van der Waals surface area contributed by atoms with Gasteiger partial charge in [0.25, 0.3) is 0 Å². The average molecular weight is 286 g/mol. The van der Waals surface area contributed by atoms with Gasteiger partial charge < -0.3 is 4.90 Å². The Balaban J connectivity index is 1.90. The summed E-state index contributed by atoms with van der Waals surface area (Å²) in [6.45, 7) is 0.0800. The lowest BCUT2D eigenvalue weighted by Crippen LogP contribution is -2.19. The van der Waals surface area contributed by atoms with Crippen molar-refractivity contribution < 1.29 is 4.39 Å². The topological polar surface area (TPSA) is 16.1 Å². The normalized spacial score (nSPS) is 10.9. The van der Waals surface area contributed by atoms with Crippen LogP contribution in [-0.4, -0.2) is 25.3 Å². The average Bonchev–Trinajstić information content (AvgIpc) is 2.91. The molecule has 0 aliphatic carbocycles. The summed E-state index contributed by atoms with van der Waals surface area (Å²) in [5.41, 5.74) is 3.15. The van der Waals surface area contributed by atoms with Gasteiger partial charge >= 0.3 is 0 Å². The van der Waals surface area contributed by atoms with Crippen molar-refractivity contribution in [1.82, 2.24) is 4.98 Å². The number of nitrogens with zero attached hydrogens (tertiary/aromatic N) is 2. The Hall–Kier alpha value is -1.94. The van der Waals surface area contributed by atoms with Gasteiger partial charge in [0.05, 0.1) is 10.2 Å². The van der Waals surface area contributed by atoms with Crippen molar-refractivity contribution in [3.63, 3.8) is 0 Å². The van der Waals surface area contributed by atoms with E-state index in [1.807, 2.05) is 54.4 Å². The maximum Gasteiger partial charge on any atom is 0.124 e. The van der Waals surface area contributed by atoms with Crippen LogP contribution in [-0.2, 0) is 0 Å². The molecular formula is C16H15FN2S. The molecule has 0 atom stereocenters. The molecule has 20 heavy (non-hydrogen) atoms. The number of anilines is 1. The summed E-state index contributed by atoms with van der Waals surface area (Å²) in [6.07, 6.45) is 0. The van der Waals surface area contributed by atoms with E-state index in [9.17, 15) is 4.39 Å². The number of aromatic nitrogens is 1. The van der Waals surface area contributed by atoms with Crippen LogP contribution >= 0.6 is 11.3 Å². The van der Waals surface area contributed by atoms with Gasteiger partial charge in [-0.05, 0) is 36.4 Å². The molecule has 0 saturated carbocycles. The van der Waals surface area contributed by atoms with E-state index in [-0.39, 0.29) is 6.67 Å². The first kappa shape index (κ1) is 13.1. The molecule has 0 spiro atoms. The fourth-order valence-corrected chi connectivity index (χ4v) is 3.08. The summed E-state index contributed by atoms with van der Waals surface area (Å²) in [4.78, 5) is 6.54. The number of hydrogen-bond donors (Lipinski definition) is 0. The number of thiazole rings is 1. The van der Waals surface area contributed by atoms with Crippen molar-refractivity contribution in [2.24, 2.45) is 0 Å². The van der Waals surface area contributed by atoms with E-state index in [1.54, 1.807) is 11.3 Å². The summed E-state index contributed by atoms with van der Waals surface area (Å²) in [6, 6.07) is 16.2. The highest BCUT2D eigenvalue weighted by Gasteiger charge is 2.06. The molecule has 102 valence electrons. The van der Waals surface area contributed by atoms with Crippen LogP contribution in [0.2, 0.25) is 0 Å². The minimum Gasteiger partial charge on any atom is -0.372 e. The summed E-state index contributed by atoms with van der Waals surface area (Å²) < 4.78 is 13.5. The fourth-order valence-electron chi connectivity index (χ4n) is 2.11. The number of para-hydroxylation sites is 1. The molecule has 0 bridgehead atoms. The molecule has 0 N–H and O–H groups in total. The SMILES string of the molecule is CN(CCF)c1ccc(-c2nc3ccccc3s2)cc1. The molecule has 1 heterocycles. The molecule has 2 aromatic carbocycles. The molecule has 3 rings (SSSR count). The fraction of sp³-hybridized carbons (Fsp3) is 0.188. The second kappa shape index (κ2) is 5.59. The Bertz CT molecular complexity index is 673. The third kappa shape index (κ3) is 2.51. The Morgan fingerprint density at radius 2 is 1.85 bits per heavy atom. The van der Waals surface area contributed by atoms with Crippen LogP contribution in [0.25, 0.3) is 20.8 Å². The van der Waals surface area contributed by atoms with Crippen molar-refractivity contribution in [2.75, 3.05) is 25.2 Å². The highest BCUT2D eigenvalue weighted by molar-refractivity contribution is 7.21. The zero-order chi connectivity index (χ0) is 13.9. The quantitative estimate of drug-likeness (QED) is 0.708. The first-order valence-corrected chi connectivity index (χ1v) is 7.32. The first-order valence-electron chi connectivity index (χ1n) is 6.51. The van der Waals surface area contributed by atoms with E-state index in [0.29, 0.717) is 6.54 Å². The van der Waals surface area contributed by atoms with Gasteiger partial charge in [0.2, 0.25) is 0 Å². The maximum atomic E-state index is 12.3. The van der Waals surface area contributed by atoms with E-state index in [2.05, 4.69) is 11.1 Å². The highest BCUT2D eigenvalue weighted by Crippen LogP contribution is 2.30. The Morgan fingerprint density at radius 3 is 2.55 bits per heavy atom. The standard InChI is InChI=1S/C16H15FN2S/c1-19(11-10-17)13-8-6-12(7-9-13)16-18-14-4-2-3-5-15(14)20-16/h2-9H,10-11H2,1H3. The summed E-state index contributed by atoms with van der Waals surface area (Å²) >= 11 is 1.69. The lowest BCUT2D eigenvalue weighted by atomic mass is 10.2. The number of benzene rings is 2. The number of halogens is 1. The largest absolute Gasteiger partial charge is 0.372 e. The molecule has 0 aliphatic heterocycles. The van der Waals surface area contributed by atoms with Crippen LogP contribution in [0.15, 0.2) is 48.5 Å². The van der Waals surface area contributed by atoms with Crippen LogP contribution in [0.1, 0.15) is 0 Å². The predicted molar refractivity (Wildman–Crippen MR) is 84.3 cm³/mol. The molecule has 0 unspecified atom stereocenters. The van der Waals surface area contributed by atoms with Crippen molar-refractivity contribution in [3.05, 3.63) is 48.5 Å². The minimum absolute atomic E-state index is 0.337. The third-order valence-electron chi connectivity index (χ3n) is 3.27. The number of alkyl halides is 1. The van der Waals surface area contributed by atoms with Crippen LogP contribution < -0.4 is 4.90 Å². The maximum absolute atomic E-state index is 12.3. The summed E-state index contributed by atoms with van der Waals surface area (Å²) in [7, 11) is 1.90. The first-order chi connectivity index (χ1) is 9.78. The second-order valence-corrected chi connectivity index (χ2v) is 5.67. The lowest BCUT2D eigenvalue weighted by Gasteiger charge is -2.17. The van der Waals surface area contributed by atoms with Gasteiger partial charge in [0, 0.05) is 24.8 Å². The lowest BCUT2D eigenvalue weighted by molar-refractivity contribution is 0.497. The minimum atomic E-state index is -0.337. The van der Waals surface area contributed by atoms with E-state index >= 15 is 0 Å². The highest BCUT2D eigenvalue weighted by atomic mass is 32.1. The monoisotopic (exact) mass is 286 g/mol. The Morgan fingerprint density at radius 1 is 1.10 bits per heavy atom. The number of hydrogen-bond acceptors (Lipinski definition) is 3. The number of fused-ring (bicyclic) bond motifs is 1. The van der Waals surface area contributed by atoms with Crippen LogP contribution in [0.4, 0.5) is 10.1 Å². The van der Waals surface area contributed by atoms with Crippen molar-refractivity contribution in [1.29, 1.82) is 0 Å². The molecule has 0 radical (unpaired) electrons. The van der Waals surface area contributed by atoms with Gasteiger partial charge in [0.15, 0.2) is 0 Å². The summed E-state index contributed by atoms with van der Waals surface area (Å²) in [5, 5.41) is 1.02. The molecule has 0 aliphatic rings. The van der Waals surface area contributed by atoms with E-state index in [4.69, 9.17) is 0 Å². The van der Waals surface area contributed by atoms with Gasteiger partial charge in [-0.1, -0.05) is 12.1 Å². The molecule has 0 fully saturated rings. The van der Waals surface area contributed by atoms with Crippen molar-refractivity contribution in [2.45, 2.75) is 0 Å². The predicted octanol–water partition coefficient (Wildman–Crippen LogP) is 4.37. The van der Waals surface area contributed by atoms with Gasteiger partial charge in [-0.15, -0.1) is 11.3 Å².